The number of nitrogens with zero attached hydrogens (tertiary/aromatic N) is 3. The van der Waals surface area contributed by atoms with Crippen LogP contribution in [0.3, 0.4) is 0 Å². The van der Waals surface area contributed by atoms with Crippen molar-refractivity contribution >= 4 is 24.2 Å². The van der Waals surface area contributed by atoms with Crippen LogP contribution in [-0.2, 0) is 0 Å². The van der Waals surface area contributed by atoms with Crippen LogP contribution in [0.25, 0.3) is 10.9 Å². The fourth-order valence-electron chi connectivity index (χ4n) is 1.30. The number of hydrogen-bond acceptors (Lipinski definition) is 3. The summed E-state index contributed by atoms with van der Waals surface area (Å²) in [5, 5.41) is 9.76. The molecule has 3 nitrogen and oxygen atoms in total. The molecule has 4 heteroatoms. The molecule has 0 spiro atoms. The molecule has 0 N–H and O–H groups in total. The van der Waals surface area contributed by atoms with Gasteiger partial charge >= 0.3 is 0 Å². The third kappa shape index (κ3) is 1.15. The lowest BCUT2D eigenvalue weighted by atomic mass is 9.91. The van der Waals surface area contributed by atoms with Crippen LogP contribution in [0.5, 0.6) is 0 Å². The smallest absolute Gasteiger partial charge is 0.140 e. The molecule has 0 atom stereocenters. The predicted molar refractivity (Wildman–Crippen MR) is 52.4 cm³/mol. The molecule has 1 heterocycles. The van der Waals surface area contributed by atoms with Crippen molar-refractivity contribution in [2.24, 2.45) is 0 Å². The minimum absolute atomic E-state index is 0.600. The van der Waals surface area contributed by atoms with Gasteiger partial charge in [0.05, 0.1) is 11.1 Å². The lowest BCUT2D eigenvalue weighted by Gasteiger charge is -2.00. The minimum Gasteiger partial charge on any atom is -0.244 e. The van der Waals surface area contributed by atoms with Crippen LogP contribution < -0.4 is 5.46 Å². The summed E-state index contributed by atoms with van der Waals surface area (Å²) in [7, 11) is 1.98. The maximum absolute atomic E-state index is 8.82. The number of benzene rings is 1. The Hall–Kier alpha value is -1.89. The largest absolute Gasteiger partial charge is 0.244 e. The molecule has 0 aliphatic heterocycles. The van der Waals surface area contributed by atoms with Gasteiger partial charge in [0, 0.05) is 11.6 Å². The first-order valence-corrected chi connectivity index (χ1v) is 3.92. The standard InChI is InChI=1S/C9H6BN3/c10-8-2-1-6(3-11)9-7(8)4-12-5-13-9/h1-2,4-5H,10H2. The van der Waals surface area contributed by atoms with Crippen LogP contribution in [0.15, 0.2) is 24.7 Å². The van der Waals surface area contributed by atoms with Gasteiger partial charge in [-0.2, -0.15) is 5.26 Å². The summed E-state index contributed by atoms with van der Waals surface area (Å²) in [6.45, 7) is 0. The number of nitriles is 1. The van der Waals surface area contributed by atoms with E-state index in [1.807, 2.05) is 13.9 Å². The SMILES string of the molecule is Bc1ccc(C#N)c2ncncc12. The summed E-state index contributed by atoms with van der Waals surface area (Å²) in [5.41, 5.74) is 2.43. The van der Waals surface area contributed by atoms with E-state index < -0.39 is 0 Å². The van der Waals surface area contributed by atoms with Crippen molar-refractivity contribution in [3.8, 4) is 6.07 Å². The van der Waals surface area contributed by atoms with Gasteiger partial charge in [0.2, 0.25) is 0 Å². The van der Waals surface area contributed by atoms with Crippen molar-refractivity contribution in [3.05, 3.63) is 30.2 Å². The van der Waals surface area contributed by atoms with E-state index in [1.165, 1.54) is 6.33 Å². The molecule has 0 fully saturated rings. The highest BCUT2D eigenvalue weighted by Crippen LogP contribution is 2.10. The molecule has 1 aromatic carbocycles. The van der Waals surface area contributed by atoms with Crippen molar-refractivity contribution in [2.45, 2.75) is 0 Å². The normalized spacial score (nSPS) is 9.77. The van der Waals surface area contributed by atoms with E-state index in [0.29, 0.717) is 5.56 Å². The zero-order valence-electron chi connectivity index (χ0n) is 7.15. The van der Waals surface area contributed by atoms with Gasteiger partial charge in [-0.15, -0.1) is 0 Å². The minimum atomic E-state index is 0.600. The molecule has 60 valence electrons. The van der Waals surface area contributed by atoms with Gasteiger partial charge < -0.3 is 0 Å². The Morgan fingerprint density at radius 1 is 1.38 bits per heavy atom. The number of hydrogen-bond donors (Lipinski definition) is 0. The summed E-state index contributed by atoms with van der Waals surface area (Å²) in [5.74, 6) is 0. The molecule has 0 amide bonds. The Bertz CT molecular complexity index is 502. The van der Waals surface area contributed by atoms with Crippen LogP contribution in [0.2, 0.25) is 0 Å². The molecule has 2 rings (SSSR count). The van der Waals surface area contributed by atoms with E-state index in [0.717, 1.165) is 16.4 Å². The predicted octanol–water partition coefficient (Wildman–Crippen LogP) is -0.240. The van der Waals surface area contributed by atoms with Crippen LogP contribution in [0.1, 0.15) is 5.56 Å². The van der Waals surface area contributed by atoms with Crippen molar-refractivity contribution in [3.63, 3.8) is 0 Å². The lowest BCUT2D eigenvalue weighted by molar-refractivity contribution is 1.22. The van der Waals surface area contributed by atoms with Crippen molar-refractivity contribution in [1.82, 2.24) is 9.97 Å². The highest BCUT2D eigenvalue weighted by atomic mass is 14.8. The molecule has 0 unspecified atom stereocenters. The average Bonchev–Trinajstić information content (AvgIpc) is 2.19. The Balaban J connectivity index is 2.95. The first-order valence-electron chi connectivity index (χ1n) is 3.92. The van der Waals surface area contributed by atoms with Crippen molar-refractivity contribution < 1.29 is 0 Å². The number of fused-ring (bicyclic) bond motifs is 1. The molecule has 0 aliphatic rings. The topological polar surface area (TPSA) is 49.6 Å². The zero-order chi connectivity index (χ0) is 9.26. The summed E-state index contributed by atoms with van der Waals surface area (Å²) in [4.78, 5) is 8.01. The van der Waals surface area contributed by atoms with Crippen LogP contribution >= 0.6 is 0 Å². The monoisotopic (exact) mass is 167 g/mol. The molecule has 0 saturated heterocycles. The maximum Gasteiger partial charge on any atom is 0.140 e. The highest BCUT2D eigenvalue weighted by molar-refractivity contribution is 6.38. The fourth-order valence-corrected chi connectivity index (χ4v) is 1.30. The molecule has 0 saturated carbocycles. The maximum atomic E-state index is 8.82. The van der Waals surface area contributed by atoms with Crippen LogP contribution in [0.4, 0.5) is 0 Å². The highest BCUT2D eigenvalue weighted by Gasteiger charge is 2.02. The molecule has 0 aliphatic carbocycles. The second-order valence-electron chi connectivity index (χ2n) is 2.83. The van der Waals surface area contributed by atoms with Gasteiger partial charge in [-0.05, 0) is 6.07 Å². The molecule has 1 aromatic heterocycles. The third-order valence-corrected chi connectivity index (χ3v) is 2.01. The van der Waals surface area contributed by atoms with E-state index in [1.54, 1.807) is 12.3 Å². The van der Waals surface area contributed by atoms with E-state index in [2.05, 4.69) is 16.0 Å². The molecule has 2 aromatic rings. The van der Waals surface area contributed by atoms with Gasteiger partial charge in [-0.25, -0.2) is 9.97 Å². The summed E-state index contributed by atoms with van der Waals surface area (Å²) < 4.78 is 0. The second-order valence-corrected chi connectivity index (χ2v) is 2.83. The Morgan fingerprint density at radius 3 is 3.00 bits per heavy atom. The van der Waals surface area contributed by atoms with E-state index in [9.17, 15) is 0 Å². The molecule has 0 bridgehead atoms. The Kier molecular flexibility index (Phi) is 1.71. The molecule has 13 heavy (non-hydrogen) atoms. The Labute approximate surface area is 76.5 Å². The quantitative estimate of drug-likeness (QED) is 0.508. The number of rotatable bonds is 0. The van der Waals surface area contributed by atoms with Crippen LogP contribution in [0, 0.1) is 11.3 Å². The van der Waals surface area contributed by atoms with E-state index in [-0.39, 0.29) is 0 Å². The van der Waals surface area contributed by atoms with Gasteiger partial charge in [0.15, 0.2) is 0 Å². The summed E-state index contributed by atoms with van der Waals surface area (Å²) >= 11 is 0. The molecular weight excluding hydrogens is 161 g/mol. The fraction of sp³-hybridized carbons (Fsp3) is 0. The third-order valence-electron chi connectivity index (χ3n) is 2.01. The van der Waals surface area contributed by atoms with Crippen LogP contribution in [-0.4, -0.2) is 17.8 Å². The summed E-state index contributed by atoms with van der Waals surface area (Å²) in [6.07, 6.45) is 3.20. The van der Waals surface area contributed by atoms with Gasteiger partial charge in [-0.3, -0.25) is 0 Å². The van der Waals surface area contributed by atoms with Crippen molar-refractivity contribution in [1.29, 1.82) is 5.26 Å². The number of aromatic nitrogens is 2. The first-order chi connectivity index (χ1) is 6.33. The van der Waals surface area contributed by atoms with Gasteiger partial charge in [0.1, 0.15) is 20.2 Å². The zero-order valence-corrected chi connectivity index (χ0v) is 7.15. The Morgan fingerprint density at radius 2 is 2.23 bits per heavy atom. The molecule has 0 radical (unpaired) electrons. The second kappa shape index (κ2) is 2.87. The lowest BCUT2D eigenvalue weighted by Crippen LogP contribution is -2.05. The average molecular weight is 167 g/mol. The summed E-state index contributed by atoms with van der Waals surface area (Å²) in [6, 6.07) is 5.80. The van der Waals surface area contributed by atoms with Crippen molar-refractivity contribution in [2.75, 3.05) is 0 Å². The van der Waals surface area contributed by atoms with Gasteiger partial charge in [-0.1, -0.05) is 11.5 Å². The first kappa shape index (κ1) is 7.75. The van der Waals surface area contributed by atoms with E-state index in [4.69, 9.17) is 5.26 Å². The van der Waals surface area contributed by atoms with Gasteiger partial charge in [0.25, 0.3) is 0 Å². The molecular formula is C9H6BN3. The van der Waals surface area contributed by atoms with E-state index >= 15 is 0 Å².